The van der Waals surface area contributed by atoms with Gasteiger partial charge in [0, 0.05) is 42.6 Å². The lowest BCUT2D eigenvalue weighted by molar-refractivity contribution is 0.122. The van der Waals surface area contributed by atoms with Crippen LogP contribution in [-0.4, -0.2) is 35.9 Å². The highest BCUT2D eigenvalue weighted by Gasteiger charge is 2.19. The van der Waals surface area contributed by atoms with Gasteiger partial charge in [0.1, 0.15) is 11.5 Å². The smallest absolute Gasteiger partial charge is 0.142 e. The van der Waals surface area contributed by atoms with Gasteiger partial charge in [-0.15, -0.1) is 0 Å². The number of rotatable bonds is 3. The number of pyridine rings is 1. The third-order valence-electron chi connectivity index (χ3n) is 5.88. The van der Waals surface area contributed by atoms with Crippen molar-refractivity contribution in [1.82, 2.24) is 9.55 Å². The Morgan fingerprint density at radius 1 is 0.963 bits per heavy atom. The number of nitrogens with zero attached hydrogens (tertiary/aromatic N) is 3. The summed E-state index contributed by atoms with van der Waals surface area (Å²) in [6.07, 6.45) is 4.94. The normalized spacial score (nSPS) is 17.1. The molecule has 0 unspecified atom stereocenters. The van der Waals surface area contributed by atoms with Crippen LogP contribution in [0.5, 0.6) is 0 Å². The van der Waals surface area contributed by atoms with Gasteiger partial charge in [0.15, 0.2) is 0 Å². The molecule has 1 saturated heterocycles. The first-order valence-electron chi connectivity index (χ1n) is 9.96. The van der Waals surface area contributed by atoms with E-state index >= 15 is 0 Å². The molecule has 1 aliphatic carbocycles. The lowest BCUT2D eigenvalue weighted by Gasteiger charge is -2.28. The SMILES string of the molecule is Cn1c2c(c3ccc(Nc4ccc(N5CCOCC5)cc4)nc31)CCCC2. The van der Waals surface area contributed by atoms with Gasteiger partial charge < -0.3 is 19.5 Å². The van der Waals surface area contributed by atoms with Crippen LogP contribution >= 0.6 is 0 Å². The van der Waals surface area contributed by atoms with Crippen molar-refractivity contribution < 1.29 is 4.74 Å². The highest BCUT2D eigenvalue weighted by atomic mass is 16.5. The summed E-state index contributed by atoms with van der Waals surface area (Å²) in [5, 5.41) is 4.79. The minimum atomic E-state index is 0.810. The number of aryl methyl sites for hydroxylation is 2. The summed E-state index contributed by atoms with van der Waals surface area (Å²) in [5.74, 6) is 0.902. The molecule has 3 heterocycles. The van der Waals surface area contributed by atoms with Crippen molar-refractivity contribution in [3.8, 4) is 0 Å². The van der Waals surface area contributed by atoms with Gasteiger partial charge in [0.2, 0.25) is 0 Å². The molecule has 1 N–H and O–H groups in total. The van der Waals surface area contributed by atoms with Crippen LogP contribution in [0.15, 0.2) is 36.4 Å². The summed E-state index contributed by atoms with van der Waals surface area (Å²) < 4.78 is 7.72. The predicted molar refractivity (Wildman–Crippen MR) is 110 cm³/mol. The molecule has 2 aliphatic rings. The second-order valence-corrected chi connectivity index (χ2v) is 7.53. The van der Waals surface area contributed by atoms with Crippen LogP contribution in [0.25, 0.3) is 11.0 Å². The van der Waals surface area contributed by atoms with Crippen molar-refractivity contribution in [2.45, 2.75) is 25.7 Å². The Hall–Kier alpha value is -2.53. The number of morpholine rings is 1. The van der Waals surface area contributed by atoms with Crippen molar-refractivity contribution >= 4 is 28.2 Å². The Kier molecular flexibility index (Phi) is 4.24. The molecule has 5 nitrogen and oxygen atoms in total. The first-order valence-corrected chi connectivity index (χ1v) is 9.96. The lowest BCUT2D eigenvalue weighted by Crippen LogP contribution is -2.36. The molecule has 0 amide bonds. The molecule has 0 spiro atoms. The summed E-state index contributed by atoms with van der Waals surface area (Å²) in [6.45, 7) is 3.54. The number of hydrogen-bond acceptors (Lipinski definition) is 4. The Morgan fingerprint density at radius 2 is 1.74 bits per heavy atom. The lowest BCUT2D eigenvalue weighted by atomic mass is 9.96. The van der Waals surface area contributed by atoms with Crippen LogP contribution in [0.2, 0.25) is 0 Å². The van der Waals surface area contributed by atoms with Gasteiger partial charge in [0.05, 0.1) is 13.2 Å². The van der Waals surface area contributed by atoms with Crippen LogP contribution in [0.4, 0.5) is 17.2 Å². The molecule has 0 bridgehead atoms. The van der Waals surface area contributed by atoms with Crippen LogP contribution in [-0.2, 0) is 24.6 Å². The molecular formula is C22H26N4O. The largest absolute Gasteiger partial charge is 0.378 e. The summed E-state index contributed by atoms with van der Waals surface area (Å²) in [5.41, 5.74) is 6.39. The highest BCUT2D eigenvalue weighted by Crippen LogP contribution is 2.31. The summed E-state index contributed by atoms with van der Waals surface area (Å²) >= 11 is 0. The Labute approximate surface area is 160 Å². The van der Waals surface area contributed by atoms with E-state index in [-0.39, 0.29) is 0 Å². The van der Waals surface area contributed by atoms with E-state index in [0.717, 1.165) is 43.5 Å². The fourth-order valence-electron chi connectivity index (χ4n) is 4.41. The quantitative estimate of drug-likeness (QED) is 0.764. The standard InChI is InChI=1S/C22H26N4O/c1-25-20-5-3-2-4-18(20)19-10-11-21(24-22(19)25)23-16-6-8-17(9-7-16)26-12-14-27-15-13-26/h6-11H,2-5,12-15H2,1H3,(H,23,24). The molecule has 1 aromatic carbocycles. The summed E-state index contributed by atoms with van der Waals surface area (Å²) in [7, 11) is 2.15. The number of fused-ring (bicyclic) bond motifs is 3. The third kappa shape index (κ3) is 3.06. The van der Waals surface area contributed by atoms with Crippen molar-refractivity contribution in [2.24, 2.45) is 7.05 Å². The van der Waals surface area contributed by atoms with Gasteiger partial charge >= 0.3 is 0 Å². The minimum Gasteiger partial charge on any atom is -0.378 e. The number of aromatic nitrogens is 2. The van der Waals surface area contributed by atoms with Crippen molar-refractivity contribution in [3.05, 3.63) is 47.7 Å². The molecule has 1 aliphatic heterocycles. The van der Waals surface area contributed by atoms with Crippen LogP contribution in [0.3, 0.4) is 0 Å². The number of ether oxygens (including phenoxy) is 1. The monoisotopic (exact) mass is 362 g/mol. The maximum atomic E-state index is 5.43. The zero-order chi connectivity index (χ0) is 18.2. The van der Waals surface area contributed by atoms with E-state index < -0.39 is 0 Å². The average molecular weight is 362 g/mol. The van der Waals surface area contributed by atoms with Gasteiger partial charge in [-0.2, -0.15) is 0 Å². The molecule has 5 heteroatoms. The van der Waals surface area contributed by atoms with E-state index in [2.05, 4.69) is 58.2 Å². The van der Waals surface area contributed by atoms with Crippen molar-refractivity contribution in [3.63, 3.8) is 0 Å². The maximum absolute atomic E-state index is 5.43. The minimum absolute atomic E-state index is 0.810. The Bertz CT molecular complexity index is 955. The van der Waals surface area contributed by atoms with Gasteiger partial charge in [0.25, 0.3) is 0 Å². The number of hydrogen-bond donors (Lipinski definition) is 1. The topological polar surface area (TPSA) is 42.3 Å². The molecule has 27 heavy (non-hydrogen) atoms. The van der Waals surface area contributed by atoms with Gasteiger partial charge in [-0.25, -0.2) is 4.98 Å². The first-order chi connectivity index (χ1) is 13.3. The number of nitrogens with one attached hydrogen (secondary N) is 1. The molecule has 3 aromatic rings. The van der Waals surface area contributed by atoms with Gasteiger partial charge in [-0.05, 0) is 67.6 Å². The maximum Gasteiger partial charge on any atom is 0.142 e. The second-order valence-electron chi connectivity index (χ2n) is 7.53. The molecular weight excluding hydrogens is 336 g/mol. The van der Waals surface area contributed by atoms with Crippen molar-refractivity contribution in [1.29, 1.82) is 0 Å². The number of anilines is 3. The first kappa shape index (κ1) is 16.6. The van der Waals surface area contributed by atoms with Crippen LogP contribution in [0.1, 0.15) is 24.1 Å². The molecule has 2 aromatic heterocycles. The average Bonchev–Trinajstić information content (AvgIpc) is 3.01. The van der Waals surface area contributed by atoms with E-state index in [1.54, 1.807) is 0 Å². The van der Waals surface area contributed by atoms with E-state index in [0.29, 0.717) is 0 Å². The zero-order valence-electron chi connectivity index (χ0n) is 15.9. The van der Waals surface area contributed by atoms with Gasteiger partial charge in [-0.3, -0.25) is 0 Å². The van der Waals surface area contributed by atoms with Crippen LogP contribution in [0, 0.1) is 0 Å². The zero-order valence-corrected chi connectivity index (χ0v) is 15.9. The fourth-order valence-corrected chi connectivity index (χ4v) is 4.41. The van der Waals surface area contributed by atoms with Crippen LogP contribution < -0.4 is 10.2 Å². The van der Waals surface area contributed by atoms with E-state index in [9.17, 15) is 0 Å². The molecule has 0 atom stereocenters. The summed E-state index contributed by atoms with van der Waals surface area (Å²) in [4.78, 5) is 7.28. The molecule has 1 fully saturated rings. The molecule has 5 rings (SSSR count). The Balaban J connectivity index is 1.39. The third-order valence-corrected chi connectivity index (χ3v) is 5.88. The van der Waals surface area contributed by atoms with E-state index in [4.69, 9.17) is 9.72 Å². The van der Waals surface area contributed by atoms with E-state index in [1.807, 2.05) is 0 Å². The second kappa shape index (κ2) is 6.89. The Morgan fingerprint density at radius 3 is 2.56 bits per heavy atom. The predicted octanol–water partition coefficient (Wildman–Crippen LogP) is 4.03. The van der Waals surface area contributed by atoms with Gasteiger partial charge in [-0.1, -0.05) is 0 Å². The van der Waals surface area contributed by atoms with E-state index in [1.165, 1.54) is 48.0 Å². The summed E-state index contributed by atoms with van der Waals surface area (Å²) in [6, 6.07) is 12.9. The fraction of sp³-hybridized carbons (Fsp3) is 0.409. The number of benzene rings is 1. The molecule has 0 saturated carbocycles. The molecule has 0 radical (unpaired) electrons. The molecule has 140 valence electrons. The highest BCUT2D eigenvalue weighted by molar-refractivity contribution is 5.84. The van der Waals surface area contributed by atoms with Crippen molar-refractivity contribution in [2.75, 3.05) is 36.5 Å².